The van der Waals surface area contributed by atoms with Gasteiger partial charge in [-0.3, -0.25) is 4.68 Å². The van der Waals surface area contributed by atoms with E-state index >= 15 is 0 Å². The van der Waals surface area contributed by atoms with E-state index in [4.69, 9.17) is 0 Å². The molecule has 1 N–H and O–H groups in total. The summed E-state index contributed by atoms with van der Waals surface area (Å²) in [6.45, 7) is 6.51. The van der Waals surface area contributed by atoms with E-state index in [2.05, 4.69) is 47.9 Å². The SMILES string of the molecule is CCc1nn(C)c(CC(O)C2CC(C)=CC(C)C2)c1Br. The first-order valence-electron chi connectivity index (χ1n) is 7.48. The maximum absolute atomic E-state index is 10.6. The third-order valence-electron chi connectivity index (χ3n) is 4.28. The molecule has 0 fully saturated rings. The fraction of sp³-hybridized carbons (Fsp3) is 0.688. The highest BCUT2D eigenvalue weighted by molar-refractivity contribution is 9.10. The largest absolute Gasteiger partial charge is 0.392 e. The van der Waals surface area contributed by atoms with Gasteiger partial charge < -0.3 is 5.11 Å². The Morgan fingerprint density at radius 1 is 1.55 bits per heavy atom. The second kappa shape index (κ2) is 6.44. The van der Waals surface area contributed by atoms with Crippen LogP contribution in [0.1, 0.15) is 45.0 Å². The van der Waals surface area contributed by atoms with Crippen LogP contribution in [0.2, 0.25) is 0 Å². The molecule has 4 heteroatoms. The summed E-state index contributed by atoms with van der Waals surface area (Å²) in [5, 5.41) is 15.1. The lowest BCUT2D eigenvalue weighted by Crippen LogP contribution is -2.28. The van der Waals surface area contributed by atoms with E-state index in [9.17, 15) is 5.11 Å². The number of aryl methyl sites for hydroxylation is 2. The van der Waals surface area contributed by atoms with Crippen LogP contribution in [0.15, 0.2) is 16.1 Å². The second-order valence-corrected chi connectivity index (χ2v) is 6.94. The molecule has 112 valence electrons. The summed E-state index contributed by atoms with van der Waals surface area (Å²) < 4.78 is 2.97. The van der Waals surface area contributed by atoms with Crippen molar-refractivity contribution in [1.82, 2.24) is 9.78 Å². The Kier molecular flexibility index (Phi) is 5.08. The number of halogens is 1. The molecule has 1 heterocycles. The minimum atomic E-state index is -0.294. The molecule has 0 saturated carbocycles. The average Bonchev–Trinajstić information content (AvgIpc) is 2.65. The molecule has 1 aromatic heterocycles. The van der Waals surface area contributed by atoms with Gasteiger partial charge in [-0.05, 0) is 54.0 Å². The number of hydrogen-bond acceptors (Lipinski definition) is 2. The van der Waals surface area contributed by atoms with Crippen LogP contribution in [0.5, 0.6) is 0 Å². The highest BCUT2D eigenvalue weighted by atomic mass is 79.9. The second-order valence-electron chi connectivity index (χ2n) is 6.15. The van der Waals surface area contributed by atoms with Crippen molar-refractivity contribution in [2.45, 2.75) is 52.6 Å². The standard InChI is InChI=1S/C16H25BrN2O/c1-5-13-16(17)14(19(4)18-13)9-15(20)12-7-10(2)6-11(3)8-12/h6,10,12,15,20H,5,7-9H2,1-4H3. The van der Waals surface area contributed by atoms with Gasteiger partial charge in [0.25, 0.3) is 0 Å². The number of allylic oxidation sites excluding steroid dienone is 2. The Morgan fingerprint density at radius 2 is 2.25 bits per heavy atom. The Labute approximate surface area is 130 Å². The van der Waals surface area contributed by atoms with E-state index in [0.29, 0.717) is 18.3 Å². The van der Waals surface area contributed by atoms with Crippen molar-refractivity contribution in [3.05, 3.63) is 27.5 Å². The van der Waals surface area contributed by atoms with Crippen LogP contribution in [-0.2, 0) is 19.9 Å². The van der Waals surface area contributed by atoms with E-state index in [0.717, 1.165) is 35.1 Å². The molecule has 1 aromatic rings. The van der Waals surface area contributed by atoms with Crippen LogP contribution in [-0.4, -0.2) is 21.0 Å². The van der Waals surface area contributed by atoms with Gasteiger partial charge in [0.2, 0.25) is 0 Å². The van der Waals surface area contributed by atoms with Gasteiger partial charge in [0.1, 0.15) is 0 Å². The predicted molar refractivity (Wildman–Crippen MR) is 85.6 cm³/mol. The maximum Gasteiger partial charge on any atom is 0.0766 e. The van der Waals surface area contributed by atoms with Crippen LogP contribution in [0.25, 0.3) is 0 Å². The topological polar surface area (TPSA) is 38.0 Å². The van der Waals surface area contributed by atoms with Crippen LogP contribution in [0.3, 0.4) is 0 Å². The van der Waals surface area contributed by atoms with Gasteiger partial charge in [-0.1, -0.05) is 25.5 Å². The van der Waals surface area contributed by atoms with Gasteiger partial charge in [-0.15, -0.1) is 0 Å². The summed E-state index contributed by atoms with van der Waals surface area (Å²) in [6, 6.07) is 0. The Morgan fingerprint density at radius 3 is 2.80 bits per heavy atom. The molecule has 3 unspecified atom stereocenters. The molecule has 0 radical (unpaired) electrons. The van der Waals surface area contributed by atoms with E-state index in [-0.39, 0.29) is 6.10 Å². The molecular weight excluding hydrogens is 316 g/mol. The maximum atomic E-state index is 10.6. The van der Waals surface area contributed by atoms with Gasteiger partial charge in [0.15, 0.2) is 0 Å². The molecule has 0 aromatic carbocycles. The molecule has 2 rings (SSSR count). The number of hydrogen-bond donors (Lipinski definition) is 1. The molecule has 1 aliphatic carbocycles. The molecule has 0 bridgehead atoms. The summed E-state index contributed by atoms with van der Waals surface area (Å²) in [5.74, 6) is 0.937. The van der Waals surface area contributed by atoms with Crippen molar-refractivity contribution >= 4 is 15.9 Å². The van der Waals surface area contributed by atoms with Crippen LogP contribution >= 0.6 is 15.9 Å². The normalized spacial score (nSPS) is 24.6. The average molecular weight is 341 g/mol. The zero-order valence-electron chi connectivity index (χ0n) is 12.9. The fourth-order valence-electron chi connectivity index (χ4n) is 3.30. The number of aliphatic hydroxyl groups is 1. The van der Waals surface area contributed by atoms with Crippen molar-refractivity contribution in [2.75, 3.05) is 0 Å². The zero-order chi connectivity index (χ0) is 14.9. The first-order chi connectivity index (χ1) is 9.42. The van der Waals surface area contributed by atoms with Crippen molar-refractivity contribution in [2.24, 2.45) is 18.9 Å². The van der Waals surface area contributed by atoms with Crippen molar-refractivity contribution in [1.29, 1.82) is 0 Å². The summed E-state index contributed by atoms with van der Waals surface area (Å²) >= 11 is 3.63. The van der Waals surface area contributed by atoms with Crippen LogP contribution < -0.4 is 0 Å². The minimum Gasteiger partial charge on any atom is -0.392 e. The van der Waals surface area contributed by atoms with E-state index in [1.54, 1.807) is 0 Å². The van der Waals surface area contributed by atoms with E-state index in [1.165, 1.54) is 5.57 Å². The number of aromatic nitrogens is 2. The molecular formula is C16H25BrN2O. The van der Waals surface area contributed by atoms with Gasteiger partial charge >= 0.3 is 0 Å². The van der Waals surface area contributed by atoms with Crippen LogP contribution in [0, 0.1) is 11.8 Å². The Balaban J connectivity index is 2.10. The third-order valence-corrected chi connectivity index (χ3v) is 5.19. The fourth-order valence-corrected chi connectivity index (χ4v) is 4.07. The van der Waals surface area contributed by atoms with Gasteiger partial charge in [-0.25, -0.2) is 0 Å². The first-order valence-corrected chi connectivity index (χ1v) is 8.27. The molecule has 0 saturated heterocycles. The highest BCUT2D eigenvalue weighted by Gasteiger charge is 2.27. The highest BCUT2D eigenvalue weighted by Crippen LogP contribution is 2.32. The van der Waals surface area contributed by atoms with E-state index in [1.807, 2.05) is 11.7 Å². The first kappa shape index (κ1) is 15.8. The van der Waals surface area contributed by atoms with Crippen molar-refractivity contribution in [3.8, 4) is 0 Å². The quantitative estimate of drug-likeness (QED) is 0.849. The van der Waals surface area contributed by atoms with Gasteiger partial charge in [0.05, 0.1) is 22.0 Å². The zero-order valence-corrected chi connectivity index (χ0v) is 14.4. The summed E-state index contributed by atoms with van der Waals surface area (Å²) in [5.41, 5.74) is 3.59. The minimum absolute atomic E-state index is 0.294. The monoisotopic (exact) mass is 340 g/mol. The van der Waals surface area contributed by atoms with Crippen molar-refractivity contribution < 1.29 is 5.11 Å². The molecule has 0 aliphatic heterocycles. The smallest absolute Gasteiger partial charge is 0.0766 e. The number of aliphatic hydroxyl groups excluding tert-OH is 1. The Hall–Kier alpha value is -0.610. The number of nitrogens with zero attached hydrogens (tertiary/aromatic N) is 2. The van der Waals surface area contributed by atoms with Crippen LogP contribution in [0.4, 0.5) is 0 Å². The Bertz CT molecular complexity index is 507. The summed E-state index contributed by atoms with van der Waals surface area (Å²) in [4.78, 5) is 0. The molecule has 0 spiro atoms. The third kappa shape index (κ3) is 3.34. The summed E-state index contributed by atoms with van der Waals surface area (Å²) in [7, 11) is 1.96. The molecule has 3 nitrogen and oxygen atoms in total. The number of rotatable bonds is 4. The molecule has 20 heavy (non-hydrogen) atoms. The van der Waals surface area contributed by atoms with Gasteiger partial charge in [-0.2, -0.15) is 5.10 Å². The summed E-state index contributed by atoms with van der Waals surface area (Å²) in [6.07, 6.45) is 5.72. The lowest BCUT2D eigenvalue weighted by atomic mass is 9.79. The van der Waals surface area contributed by atoms with Gasteiger partial charge in [0, 0.05) is 13.5 Å². The lowest BCUT2D eigenvalue weighted by Gasteiger charge is -2.29. The van der Waals surface area contributed by atoms with E-state index < -0.39 is 0 Å². The predicted octanol–water partition coefficient (Wildman–Crippen LogP) is 3.64. The lowest BCUT2D eigenvalue weighted by molar-refractivity contribution is 0.0913. The molecule has 0 amide bonds. The van der Waals surface area contributed by atoms with Crippen molar-refractivity contribution in [3.63, 3.8) is 0 Å². The molecule has 3 atom stereocenters. The molecule has 1 aliphatic rings.